The van der Waals surface area contributed by atoms with Gasteiger partial charge in [0.15, 0.2) is 0 Å². The quantitative estimate of drug-likeness (QED) is 0.308. The molecule has 0 fully saturated rings. The number of urea groups is 1. The topological polar surface area (TPSA) is 92.2 Å². The van der Waals surface area contributed by atoms with Gasteiger partial charge < -0.3 is 16.6 Å². The molecule has 0 rings (SSSR count). The third kappa shape index (κ3) is 2110. The van der Waals surface area contributed by atoms with Gasteiger partial charge in [-0.2, -0.15) is 7.11 Å². The van der Waals surface area contributed by atoms with Crippen LogP contribution in [0.15, 0.2) is 0 Å². The van der Waals surface area contributed by atoms with E-state index in [4.69, 9.17) is 9.90 Å². The molecule has 7 heavy (non-hydrogen) atoms. The van der Waals surface area contributed by atoms with Gasteiger partial charge in [-0.25, -0.2) is 4.79 Å². The van der Waals surface area contributed by atoms with Crippen LogP contribution in [0.25, 0.3) is 0 Å². The molecule has 0 aliphatic carbocycles. The molecule has 38 valence electrons. The summed E-state index contributed by atoms with van der Waals surface area (Å²) in [5.41, 5.74) is 8.50. The first-order valence-electron chi connectivity index (χ1n) is 1.19. The molecule has 0 bridgehead atoms. The van der Waals surface area contributed by atoms with Crippen LogP contribution >= 0.6 is 0 Å². The summed E-state index contributed by atoms with van der Waals surface area (Å²) in [5, 5.41) is 8.25. The van der Waals surface area contributed by atoms with Gasteiger partial charge in [-0.05, 0) is 0 Å². The molecular formula is C2H7N2NaO2. The van der Waals surface area contributed by atoms with Crippen molar-refractivity contribution in [2.45, 2.75) is 0 Å². The Morgan fingerprint density at radius 2 is 1.43 bits per heavy atom. The Morgan fingerprint density at radius 3 is 1.43 bits per heavy atom. The number of amides is 2. The van der Waals surface area contributed by atoms with E-state index >= 15 is 0 Å². The molecule has 0 saturated carbocycles. The van der Waals surface area contributed by atoms with Crippen molar-refractivity contribution in [1.29, 1.82) is 0 Å². The second-order valence-corrected chi connectivity index (χ2v) is 0.402. The molecule has 0 aromatic rings. The fourth-order valence-electron chi connectivity index (χ4n) is 0. The van der Waals surface area contributed by atoms with Crippen LogP contribution in [-0.4, -0.2) is 13.1 Å². The smallest absolute Gasteiger partial charge is 0.857 e. The molecule has 0 radical (unpaired) electrons. The molecule has 4 N–H and O–H groups in total. The van der Waals surface area contributed by atoms with Gasteiger partial charge in [-0.1, -0.05) is 0 Å². The van der Waals surface area contributed by atoms with E-state index < -0.39 is 6.03 Å². The van der Waals surface area contributed by atoms with Crippen LogP contribution in [0.5, 0.6) is 0 Å². The van der Waals surface area contributed by atoms with Crippen molar-refractivity contribution in [1.82, 2.24) is 0 Å². The van der Waals surface area contributed by atoms with E-state index in [-0.39, 0.29) is 29.6 Å². The fourth-order valence-corrected chi connectivity index (χ4v) is 0. The SMILES string of the molecule is C[O-].NC(N)=O.[Na+]. The van der Waals surface area contributed by atoms with Gasteiger partial charge in [0.2, 0.25) is 0 Å². The Labute approximate surface area is 64.2 Å². The first kappa shape index (κ1) is 15.7. The first-order chi connectivity index (χ1) is 2.73. The molecule has 0 unspecified atom stereocenters. The van der Waals surface area contributed by atoms with Gasteiger partial charge in [0.25, 0.3) is 0 Å². The molecule has 0 saturated heterocycles. The summed E-state index contributed by atoms with van der Waals surface area (Å²) in [6.45, 7) is 0. The Hall–Kier alpha value is 0.230. The van der Waals surface area contributed by atoms with E-state index in [0.717, 1.165) is 7.11 Å². The number of nitrogens with two attached hydrogens (primary N) is 2. The van der Waals surface area contributed by atoms with Crippen LogP contribution in [0.1, 0.15) is 0 Å². The van der Waals surface area contributed by atoms with Gasteiger partial charge in [-0.3, -0.25) is 0 Å². The number of primary amides is 2. The maximum atomic E-state index is 9.00. The fraction of sp³-hybridized carbons (Fsp3) is 0.500. The summed E-state index contributed by atoms with van der Waals surface area (Å²) < 4.78 is 0. The van der Waals surface area contributed by atoms with Crippen LogP contribution in [0.3, 0.4) is 0 Å². The standard InChI is InChI=1S/CH4N2O.CH3O.Na/c2-1(3)4;1-2;/h(H4,2,3,4);1H3;/q;-1;+1. The Bertz CT molecular complexity index is 36.7. The molecule has 0 aromatic carbocycles. The number of rotatable bonds is 0. The zero-order chi connectivity index (χ0) is 5.58. The van der Waals surface area contributed by atoms with E-state index in [1.807, 2.05) is 0 Å². The van der Waals surface area contributed by atoms with Crippen molar-refractivity contribution in [3.63, 3.8) is 0 Å². The van der Waals surface area contributed by atoms with Crippen molar-refractivity contribution < 1.29 is 39.5 Å². The molecule has 0 heterocycles. The van der Waals surface area contributed by atoms with Gasteiger partial charge in [0.1, 0.15) is 0 Å². The number of hydrogen-bond acceptors (Lipinski definition) is 2. The summed E-state index contributed by atoms with van der Waals surface area (Å²) in [5.74, 6) is 0. The number of hydrogen-bond donors (Lipinski definition) is 2. The van der Waals surface area contributed by atoms with Crippen molar-refractivity contribution in [3.8, 4) is 0 Å². The van der Waals surface area contributed by atoms with Crippen LogP contribution in [-0.2, 0) is 0 Å². The van der Waals surface area contributed by atoms with Gasteiger partial charge in [0.05, 0.1) is 0 Å². The van der Waals surface area contributed by atoms with E-state index in [0.29, 0.717) is 0 Å². The minimum absolute atomic E-state index is 0. The number of carbonyl (C=O) groups excluding carboxylic acids is 1. The zero-order valence-electron chi connectivity index (χ0n) is 4.47. The van der Waals surface area contributed by atoms with Gasteiger partial charge in [-0.15, -0.1) is 0 Å². The Balaban J connectivity index is -0.0000000480. The molecule has 0 aliphatic rings. The Kier molecular flexibility index (Phi) is 36.6. The molecule has 5 heteroatoms. The third-order valence-electron chi connectivity index (χ3n) is 0. The number of carbonyl (C=O) groups is 1. The van der Waals surface area contributed by atoms with Crippen molar-refractivity contribution >= 4 is 6.03 Å². The van der Waals surface area contributed by atoms with E-state index in [1.165, 1.54) is 0 Å². The summed E-state index contributed by atoms with van der Waals surface area (Å²) >= 11 is 0. The van der Waals surface area contributed by atoms with E-state index in [1.54, 1.807) is 0 Å². The van der Waals surface area contributed by atoms with Crippen LogP contribution < -0.4 is 46.1 Å². The Morgan fingerprint density at radius 1 is 1.43 bits per heavy atom. The minimum atomic E-state index is -0.833. The third-order valence-corrected chi connectivity index (χ3v) is 0. The molecule has 4 nitrogen and oxygen atoms in total. The minimum Gasteiger partial charge on any atom is -0.857 e. The van der Waals surface area contributed by atoms with Crippen molar-refractivity contribution in [2.24, 2.45) is 11.5 Å². The average Bonchev–Trinajstić information content (AvgIpc) is 1.41. The van der Waals surface area contributed by atoms with Crippen LogP contribution in [0, 0.1) is 0 Å². The summed E-state index contributed by atoms with van der Waals surface area (Å²) in [7, 11) is 0.750. The normalized spacial score (nSPS) is 4.29. The molecule has 2 amide bonds. The largest absolute Gasteiger partial charge is 1.00 e. The second kappa shape index (κ2) is 16.3. The predicted octanol–water partition coefficient (Wildman–Crippen LogP) is -5.00. The maximum absolute atomic E-state index is 9.00. The predicted molar refractivity (Wildman–Crippen MR) is 19.7 cm³/mol. The van der Waals surface area contributed by atoms with Gasteiger partial charge >= 0.3 is 35.6 Å². The molecule has 0 spiro atoms. The summed E-state index contributed by atoms with van der Waals surface area (Å²) in [4.78, 5) is 9.00. The second-order valence-electron chi connectivity index (χ2n) is 0.402. The van der Waals surface area contributed by atoms with Crippen molar-refractivity contribution in [2.75, 3.05) is 7.11 Å². The molecule has 0 atom stereocenters. The maximum Gasteiger partial charge on any atom is 1.00 e. The van der Waals surface area contributed by atoms with Crippen LogP contribution in [0.2, 0.25) is 0 Å². The average molecular weight is 114 g/mol. The summed E-state index contributed by atoms with van der Waals surface area (Å²) in [6.07, 6.45) is 0. The van der Waals surface area contributed by atoms with Crippen LogP contribution in [0.4, 0.5) is 4.79 Å². The first-order valence-corrected chi connectivity index (χ1v) is 1.19. The van der Waals surface area contributed by atoms with E-state index in [9.17, 15) is 0 Å². The van der Waals surface area contributed by atoms with Crippen molar-refractivity contribution in [3.05, 3.63) is 0 Å². The summed E-state index contributed by atoms with van der Waals surface area (Å²) in [6, 6.07) is -0.833. The molecule has 0 aromatic heterocycles. The molecular weight excluding hydrogens is 107 g/mol. The molecule has 0 aliphatic heterocycles. The monoisotopic (exact) mass is 114 g/mol. The zero-order valence-corrected chi connectivity index (χ0v) is 6.47. The van der Waals surface area contributed by atoms with Gasteiger partial charge in [0, 0.05) is 0 Å². The van der Waals surface area contributed by atoms with E-state index in [2.05, 4.69) is 11.5 Å².